The number of aliphatic hydroxyl groups is 1. The minimum atomic E-state index is -5.17. The van der Waals surface area contributed by atoms with E-state index in [4.69, 9.17) is 40.5 Å². The lowest BCUT2D eigenvalue weighted by atomic mass is 10.0. The molecule has 4 aromatic rings. The first kappa shape index (κ1) is 37.4. The third kappa shape index (κ3) is 8.81. The van der Waals surface area contributed by atoms with Crippen LogP contribution in [0.5, 0.6) is 6.01 Å². The van der Waals surface area contributed by atoms with Gasteiger partial charge in [0.25, 0.3) is 0 Å². The molecule has 0 saturated carbocycles. The van der Waals surface area contributed by atoms with Crippen molar-refractivity contribution in [3.05, 3.63) is 65.2 Å². The number of halogens is 4. The number of benzene rings is 2. The average molecular weight is 767 g/mol. The van der Waals surface area contributed by atoms with E-state index >= 15 is 0 Å². The Hall–Kier alpha value is -3.38. The van der Waals surface area contributed by atoms with Gasteiger partial charge in [0.1, 0.15) is 30.6 Å². The monoisotopic (exact) mass is 766 g/mol. The minimum absolute atomic E-state index is 0.143. The standard InChI is InChI=1S/C34H38ClF3N4O7SSi/c1-50(45,41-32(44)34(36,37)38)18-20-5-7-21(8-6-20)22-9-11-23(12-10-22)28-24(35)15-25-31(40-28)42(19-46-13-14-51(2,3)4)33(39-25)49-27-17-48-29-26(43)16-47-30(27)29/h5-12,15,26-27,29-30,43H,13-14,16-19H2,1-4H3/t26-,27?,29-,30-,50?/m1/s1. The van der Waals surface area contributed by atoms with Crippen molar-refractivity contribution in [2.75, 3.05) is 26.1 Å². The van der Waals surface area contributed by atoms with Gasteiger partial charge in [0.15, 0.2) is 11.8 Å². The number of hydrogen-bond acceptors (Lipinski definition) is 9. The predicted molar refractivity (Wildman–Crippen MR) is 189 cm³/mol. The number of aliphatic hydroxyl groups excluding tert-OH is 1. The Morgan fingerprint density at radius 2 is 1.67 bits per heavy atom. The lowest BCUT2D eigenvalue weighted by Gasteiger charge is -2.19. The van der Waals surface area contributed by atoms with E-state index in [2.05, 4.69) is 24.0 Å². The molecule has 5 atom stereocenters. The smallest absolute Gasteiger partial charge is 0.456 e. The van der Waals surface area contributed by atoms with Crippen molar-refractivity contribution in [2.45, 2.75) is 68.8 Å². The van der Waals surface area contributed by atoms with Gasteiger partial charge in [0.2, 0.25) is 0 Å². The normalized spacial score (nSPS) is 21.8. The van der Waals surface area contributed by atoms with Crippen molar-refractivity contribution in [1.82, 2.24) is 14.5 Å². The Kier molecular flexibility index (Phi) is 10.7. The molecule has 6 rings (SSSR count). The number of nitrogens with zero attached hydrogens (tertiary/aromatic N) is 4. The highest BCUT2D eigenvalue weighted by atomic mass is 35.5. The number of rotatable bonds is 11. The third-order valence-corrected chi connectivity index (χ3v) is 11.9. The summed E-state index contributed by atoms with van der Waals surface area (Å²) in [5.74, 6) is -2.66. The lowest BCUT2D eigenvalue weighted by molar-refractivity contribution is -0.169. The Balaban J connectivity index is 1.23. The van der Waals surface area contributed by atoms with E-state index < -0.39 is 54.3 Å². The molecule has 2 aromatic carbocycles. The molecule has 2 fully saturated rings. The van der Waals surface area contributed by atoms with Crippen LogP contribution in [0.15, 0.2) is 59.0 Å². The van der Waals surface area contributed by atoms with E-state index in [1.165, 1.54) is 0 Å². The minimum Gasteiger partial charge on any atom is -0.456 e. The fourth-order valence-corrected chi connectivity index (χ4v) is 8.15. The second-order valence-corrected chi connectivity index (χ2v) is 22.3. The van der Waals surface area contributed by atoms with Crippen LogP contribution in [0.3, 0.4) is 0 Å². The van der Waals surface area contributed by atoms with Crippen LogP contribution >= 0.6 is 11.6 Å². The van der Waals surface area contributed by atoms with Gasteiger partial charge in [-0.25, -0.2) is 9.19 Å². The number of fused-ring (bicyclic) bond motifs is 2. The summed E-state index contributed by atoms with van der Waals surface area (Å²) in [5, 5.41) is 10.6. The Labute approximate surface area is 299 Å². The molecule has 2 aliphatic heterocycles. The van der Waals surface area contributed by atoms with E-state index in [-0.39, 0.29) is 31.7 Å². The van der Waals surface area contributed by atoms with Gasteiger partial charge >= 0.3 is 18.1 Å². The molecule has 274 valence electrons. The zero-order valence-corrected chi connectivity index (χ0v) is 30.9. The summed E-state index contributed by atoms with van der Waals surface area (Å²) in [4.78, 5) is 20.8. The number of pyridine rings is 1. The van der Waals surface area contributed by atoms with Crippen molar-refractivity contribution in [3.8, 4) is 28.4 Å². The summed E-state index contributed by atoms with van der Waals surface area (Å²) in [6.45, 7) is 7.94. The molecule has 11 nitrogen and oxygen atoms in total. The molecule has 2 unspecified atom stereocenters. The van der Waals surface area contributed by atoms with Crippen LogP contribution in [-0.2, 0) is 41.2 Å². The molecule has 0 bridgehead atoms. The second kappa shape index (κ2) is 14.6. The van der Waals surface area contributed by atoms with Gasteiger partial charge in [0, 0.05) is 26.5 Å². The maximum absolute atomic E-state index is 12.6. The SMILES string of the molecule is C[Si](C)(C)CCOCn1c(OC2CO[C@@H]3[C@H](O)CO[C@H]23)nc2cc(Cl)c(-c3ccc(-c4ccc(CS(C)(=O)=NC(=O)C(F)(F)F)cc4)cc3)nc21. The van der Waals surface area contributed by atoms with Crippen molar-refractivity contribution < 1.29 is 46.2 Å². The Morgan fingerprint density at radius 1 is 1.04 bits per heavy atom. The summed E-state index contributed by atoms with van der Waals surface area (Å²) in [6.07, 6.45) is -6.24. The van der Waals surface area contributed by atoms with Crippen LogP contribution in [0.25, 0.3) is 33.5 Å². The molecular weight excluding hydrogens is 729 g/mol. The van der Waals surface area contributed by atoms with Gasteiger partial charge in [-0.3, -0.25) is 9.36 Å². The van der Waals surface area contributed by atoms with Crippen LogP contribution in [0, 0.1) is 0 Å². The maximum Gasteiger partial charge on any atom is 0.474 e. The summed E-state index contributed by atoms with van der Waals surface area (Å²) in [7, 11) is -4.77. The van der Waals surface area contributed by atoms with Crippen LogP contribution in [0.4, 0.5) is 13.2 Å². The zero-order chi connectivity index (χ0) is 36.7. The quantitative estimate of drug-likeness (QED) is 0.137. The molecule has 0 spiro atoms. The summed E-state index contributed by atoms with van der Waals surface area (Å²) in [5.41, 5.74) is 4.39. The number of ether oxygens (including phenoxy) is 4. The topological polar surface area (TPSA) is 134 Å². The molecule has 4 heterocycles. The second-order valence-electron chi connectivity index (χ2n) is 13.9. The van der Waals surface area contributed by atoms with Crippen molar-refractivity contribution >= 4 is 46.5 Å². The molecule has 1 amide bonds. The molecule has 51 heavy (non-hydrogen) atoms. The molecule has 17 heteroatoms. The van der Waals surface area contributed by atoms with Crippen LogP contribution in [-0.4, -0.2) is 94.5 Å². The third-order valence-electron chi connectivity index (χ3n) is 8.49. The molecule has 2 aromatic heterocycles. The number of carbonyl (C=O) groups excluding carboxylic acids is 1. The molecule has 0 aliphatic carbocycles. The first-order valence-electron chi connectivity index (χ1n) is 16.2. The molecule has 1 N–H and O–H groups in total. The first-order chi connectivity index (χ1) is 24.0. The van der Waals surface area contributed by atoms with Crippen molar-refractivity contribution in [2.24, 2.45) is 4.36 Å². The summed E-state index contributed by atoms with van der Waals surface area (Å²) < 4.78 is 78.9. The number of hydrogen-bond donors (Lipinski definition) is 1. The average Bonchev–Trinajstić information content (AvgIpc) is 3.72. The van der Waals surface area contributed by atoms with E-state index in [1.807, 2.05) is 24.3 Å². The number of aromatic nitrogens is 3. The number of alkyl halides is 3. The van der Waals surface area contributed by atoms with E-state index in [0.717, 1.165) is 29.0 Å². The van der Waals surface area contributed by atoms with Gasteiger partial charge in [-0.05, 0) is 28.8 Å². The van der Waals surface area contributed by atoms with Crippen LogP contribution in [0.2, 0.25) is 30.7 Å². The molecule has 0 radical (unpaired) electrons. The first-order valence-corrected chi connectivity index (χ1v) is 22.4. The van der Waals surface area contributed by atoms with E-state index in [0.29, 0.717) is 34.1 Å². The van der Waals surface area contributed by atoms with Gasteiger partial charge in [-0.15, -0.1) is 0 Å². The highest BCUT2D eigenvalue weighted by Gasteiger charge is 2.49. The fraction of sp³-hybridized carbons (Fsp3) is 0.441. The van der Waals surface area contributed by atoms with Gasteiger partial charge in [0.05, 0.1) is 39.4 Å². The Bertz CT molecular complexity index is 2030. The number of amides is 1. The van der Waals surface area contributed by atoms with Gasteiger partial charge in [-0.1, -0.05) is 79.8 Å². The van der Waals surface area contributed by atoms with Crippen LogP contribution in [0.1, 0.15) is 5.56 Å². The Morgan fingerprint density at radius 3 is 2.31 bits per heavy atom. The van der Waals surface area contributed by atoms with Gasteiger partial charge < -0.3 is 24.1 Å². The van der Waals surface area contributed by atoms with Crippen LogP contribution < -0.4 is 4.74 Å². The number of imidazole rings is 1. The molecule has 2 saturated heterocycles. The predicted octanol–water partition coefficient (Wildman–Crippen LogP) is 6.32. The lowest BCUT2D eigenvalue weighted by Crippen LogP contribution is -2.35. The molecule has 2 aliphatic rings. The van der Waals surface area contributed by atoms with Gasteiger partial charge in [-0.2, -0.15) is 22.5 Å². The van der Waals surface area contributed by atoms with E-state index in [1.54, 1.807) is 34.9 Å². The van der Waals surface area contributed by atoms with Crippen molar-refractivity contribution in [1.29, 1.82) is 0 Å². The summed E-state index contributed by atoms with van der Waals surface area (Å²) in [6, 6.07) is 17.2. The highest BCUT2D eigenvalue weighted by Crippen LogP contribution is 2.35. The number of carbonyl (C=O) groups is 1. The fourth-order valence-electron chi connectivity index (χ4n) is 5.81. The van der Waals surface area contributed by atoms with Crippen molar-refractivity contribution in [3.63, 3.8) is 0 Å². The highest BCUT2D eigenvalue weighted by molar-refractivity contribution is 7.92. The molecular formula is C34H38ClF3N4O7SSi. The van der Waals surface area contributed by atoms with E-state index in [9.17, 15) is 27.3 Å². The largest absolute Gasteiger partial charge is 0.474 e. The summed E-state index contributed by atoms with van der Waals surface area (Å²) >= 11 is 6.76. The maximum atomic E-state index is 12.6. The zero-order valence-electron chi connectivity index (χ0n) is 28.4.